The van der Waals surface area contributed by atoms with Gasteiger partial charge >= 0.3 is 5.63 Å². The van der Waals surface area contributed by atoms with E-state index in [1.807, 2.05) is 4.90 Å². The lowest BCUT2D eigenvalue weighted by atomic mass is 10.0. The number of carbonyl (C=O) groups is 1. The normalized spacial score (nSPS) is 14.3. The van der Waals surface area contributed by atoms with E-state index in [2.05, 4.69) is 0 Å². The second-order valence-electron chi connectivity index (χ2n) is 7.30. The van der Waals surface area contributed by atoms with Crippen LogP contribution in [0.3, 0.4) is 0 Å². The van der Waals surface area contributed by atoms with Crippen molar-refractivity contribution in [3.63, 3.8) is 0 Å². The van der Waals surface area contributed by atoms with E-state index in [4.69, 9.17) is 4.42 Å². The zero-order valence-electron chi connectivity index (χ0n) is 16.4. The number of fused-ring (bicyclic) bond motifs is 1. The average molecular weight is 412 g/mol. The number of nitrogens with zero attached hydrogens (tertiary/aromatic N) is 2. The quantitative estimate of drug-likeness (QED) is 0.507. The maximum Gasteiger partial charge on any atom is 0.340 e. The molecule has 0 spiro atoms. The van der Waals surface area contributed by atoms with Gasteiger partial charge in [-0.1, -0.05) is 12.1 Å². The fourth-order valence-electron chi connectivity index (χ4n) is 3.80. The molecule has 0 aliphatic carbocycles. The summed E-state index contributed by atoms with van der Waals surface area (Å²) < 4.78 is 19.2. The van der Waals surface area contributed by atoms with Gasteiger partial charge in [0, 0.05) is 31.6 Å². The average Bonchev–Trinajstić information content (AvgIpc) is 2.74. The second-order valence-corrected chi connectivity index (χ2v) is 7.30. The fourth-order valence-corrected chi connectivity index (χ4v) is 3.80. The van der Waals surface area contributed by atoms with Crippen LogP contribution in [0.5, 0.6) is 11.5 Å². The third kappa shape index (κ3) is 3.45. The summed E-state index contributed by atoms with van der Waals surface area (Å²) in [5, 5.41) is 20.0. The predicted molar refractivity (Wildman–Crippen MR) is 109 cm³/mol. The van der Waals surface area contributed by atoms with Gasteiger partial charge < -0.3 is 24.4 Å². The van der Waals surface area contributed by atoms with Crippen LogP contribution in [-0.4, -0.2) is 47.2 Å². The number of halogens is 1. The topological polar surface area (TPSA) is 94.2 Å². The molecule has 7 nitrogen and oxygen atoms in total. The lowest BCUT2D eigenvalue weighted by molar-refractivity contribution is -0.130. The molecule has 1 aromatic heterocycles. The van der Waals surface area contributed by atoms with E-state index in [-0.39, 0.29) is 35.0 Å². The Morgan fingerprint density at radius 1 is 1.10 bits per heavy atom. The Balaban J connectivity index is 1.51. The molecule has 1 aliphatic rings. The van der Waals surface area contributed by atoms with Crippen molar-refractivity contribution in [1.29, 1.82) is 0 Å². The van der Waals surface area contributed by atoms with Gasteiger partial charge in [-0.05, 0) is 36.8 Å². The van der Waals surface area contributed by atoms with Crippen molar-refractivity contribution < 1.29 is 23.8 Å². The minimum atomic E-state index is -0.723. The third-order valence-corrected chi connectivity index (χ3v) is 5.56. The van der Waals surface area contributed by atoms with Crippen LogP contribution in [0.15, 0.2) is 45.6 Å². The first-order chi connectivity index (χ1) is 14.4. The summed E-state index contributed by atoms with van der Waals surface area (Å²) in [4.78, 5) is 28.8. The van der Waals surface area contributed by atoms with Crippen LogP contribution in [0.1, 0.15) is 11.1 Å². The van der Waals surface area contributed by atoms with Gasteiger partial charge in [-0.15, -0.1) is 0 Å². The van der Waals surface area contributed by atoms with Crippen molar-refractivity contribution >= 4 is 22.6 Å². The highest BCUT2D eigenvalue weighted by Gasteiger charge is 2.25. The van der Waals surface area contributed by atoms with Crippen LogP contribution in [-0.2, 0) is 11.2 Å². The van der Waals surface area contributed by atoms with Crippen LogP contribution < -0.4 is 10.5 Å². The van der Waals surface area contributed by atoms with E-state index in [9.17, 15) is 24.2 Å². The zero-order valence-corrected chi connectivity index (χ0v) is 16.4. The highest BCUT2D eigenvalue weighted by Crippen LogP contribution is 2.34. The zero-order chi connectivity index (χ0) is 21.4. The predicted octanol–water partition coefficient (Wildman–Crippen LogP) is 2.54. The summed E-state index contributed by atoms with van der Waals surface area (Å²) in [6, 6.07) is 9.37. The van der Waals surface area contributed by atoms with Crippen molar-refractivity contribution in [3.05, 3.63) is 63.8 Å². The minimum Gasteiger partial charge on any atom is -0.504 e. The highest BCUT2D eigenvalue weighted by atomic mass is 19.1. The van der Waals surface area contributed by atoms with Crippen molar-refractivity contribution in [2.75, 3.05) is 31.1 Å². The number of phenolic OH excluding ortho intramolecular Hbond substituents is 2. The summed E-state index contributed by atoms with van der Waals surface area (Å²) in [6.07, 6.45) is -0.133. The first-order valence-electron chi connectivity index (χ1n) is 9.61. The Morgan fingerprint density at radius 2 is 1.80 bits per heavy atom. The molecule has 1 saturated heterocycles. The lowest BCUT2D eigenvalue weighted by Gasteiger charge is -2.36. The van der Waals surface area contributed by atoms with Crippen molar-refractivity contribution in [3.8, 4) is 11.5 Å². The number of benzene rings is 2. The molecule has 0 unspecified atom stereocenters. The molecule has 1 fully saturated rings. The number of rotatable bonds is 3. The SMILES string of the molecule is Cc1c(CC(=O)N2CCN(c3ccccc3F)CC2)c(=O)oc2c(O)c(O)ccc12. The smallest absolute Gasteiger partial charge is 0.340 e. The van der Waals surface area contributed by atoms with Gasteiger partial charge in [0.15, 0.2) is 11.3 Å². The Labute approximate surface area is 171 Å². The number of phenols is 2. The Kier molecular flexibility index (Phi) is 5.07. The number of amides is 1. The van der Waals surface area contributed by atoms with E-state index >= 15 is 0 Å². The molecule has 156 valence electrons. The standard InChI is InChI=1S/C22H21FN2O5/c1-13-14-6-7-18(26)20(28)21(14)30-22(29)15(13)12-19(27)25-10-8-24(9-11-25)17-5-3-2-4-16(17)23/h2-7,26,28H,8-12H2,1H3. The molecule has 0 radical (unpaired) electrons. The number of carbonyl (C=O) groups excluding carboxylic acids is 1. The van der Waals surface area contributed by atoms with Gasteiger partial charge in [0.05, 0.1) is 17.7 Å². The molecule has 1 aliphatic heterocycles. The summed E-state index contributed by atoms with van der Waals surface area (Å²) in [5.74, 6) is -1.41. The molecule has 2 heterocycles. The minimum absolute atomic E-state index is 0.104. The maximum atomic E-state index is 14.0. The molecule has 30 heavy (non-hydrogen) atoms. The summed E-state index contributed by atoms with van der Waals surface area (Å²) in [7, 11) is 0. The van der Waals surface area contributed by atoms with E-state index in [1.165, 1.54) is 18.2 Å². The monoisotopic (exact) mass is 412 g/mol. The van der Waals surface area contributed by atoms with E-state index in [1.54, 1.807) is 30.0 Å². The van der Waals surface area contributed by atoms with Crippen LogP contribution in [0, 0.1) is 12.7 Å². The van der Waals surface area contributed by atoms with E-state index < -0.39 is 11.4 Å². The Hall–Kier alpha value is -3.55. The summed E-state index contributed by atoms with van der Waals surface area (Å²) >= 11 is 0. The molecule has 2 N–H and O–H groups in total. The first-order valence-corrected chi connectivity index (χ1v) is 9.61. The van der Waals surface area contributed by atoms with Crippen molar-refractivity contribution in [2.45, 2.75) is 13.3 Å². The Bertz CT molecular complexity index is 1180. The van der Waals surface area contributed by atoms with Gasteiger partial charge in [-0.3, -0.25) is 4.79 Å². The van der Waals surface area contributed by atoms with Crippen LogP contribution in [0.2, 0.25) is 0 Å². The van der Waals surface area contributed by atoms with Crippen molar-refractivity contribution in [2.24, 2.45) is 0 Å². The largest absolute Gasteiger partial charge is 0.504 e. The number of aryl methyl sites for hydroxylation is 1. The first kappa shape index (κ1) is 19.8. The number of anilines is 1. The number of aromatic hydroxyl groups is 2. The molecule has 0 bridgehead atoms. The molecular weight excluding hydrogens is 391 g/mol. The van der Waals surface area contributed by atoms with Gasteiger partial charge in [-0.25, -0.2) is 9.18 Å². The van der Waals surface area contributed by atoms with Crippen LogP contribution in [0.25, 0.3) is 11.0 Å². The number of hydrogen-bond acceptors (Lipinski definition) is 6. The Morgan fingerprint density at radius 3 is 2.50 bits per heavy atom. The number of hydrogen-bond donors (Lipinski definition) is 2. The van der Waals surface area contributed by atoms with Gasteiger partial charge in [0.25, 0.3) is 0 Å². The summed E-state index contributed by atoms with van der Waals surface area (Å²) in [5.41, 5.74) is 0.425. The molecule has 2 aromatic carbocycles. The summed E-state index contributed by atoms with van der Waals surface area (Å²) in [6.45, 7) is 3.49. The van der Waals surface area contributed by atoms with E-state index in [0.29, 0.717) is 42.8 Å². The van der Waals surface area contributed by atoms with Crippen molar-refractivity contribution in [1.82, 2.24) is 4.90 Å². The molecule has 3 aromatic rings. The molecular formula is C22H21FN2O5. The lowest BCUT2D eigenvalue weighted by Crippen LogP contribution is -2.49. The van der Waals surface area contributed by atoms with Gasteiger partial charge in [0.2, 0.25) is 11.7 Å². The highest BCUT2D eigenvalue weighted by molar-refractivity contribution is 5.89. The van der Waals surface area contributed by atoms with Gasteiger partial charge in [0.1, 0.15) is 5.82 Å². The molecule has 8 heteroatoms. The third-order valence-electron chi connectivity index (χ3n) is 5.56. The van der Waals surface area contributed by atoms with Crippen LogP contribution >= 0.6 is 0 Å². The second kappa shape index (κ2) is 7.70. The maximum absolute atomic E-state index is 14.0. The molecule has 0 saturated carbocycles. The fraction of sp³-hybridized carbons (Fsp3) is 0.273. The molecule has 0 atom stereocenters. The van der Waals surface area contributed by atoms with Gasteiger partial charge in [-0.2, -0.15) is 0 Å². The number of para-hydroxylation sites is 1. The number of piperazine rings is 1. The van der Waals surface area contributed by atoms with E-state index in [0.717, 1.165) is 0 Å². The van der Waals surface area contributed by atoms with Crippen LogP contribution in [0.4, 0.5) is 10.1 Å². The molecule has 4 rings (SSSR count). The molecule has 1 amide bonds.